The Hall–Kier alpha value is -1.13. The maximum absolute atomic E-state index is 5.76. The average Bonchev–Trinajstić information content (AvgIpc) is 2.47. The van der Waals surface area contributed by atoms with Crippen LogP contribution in [0.1, 0.15) is 0 Å². The van der Waals surface area contributed by atoms with Crippen LogP contribution < -0.4 is 5.73 Å². The van der Waals surface area contributed by atoms with Gasteiger partial charge in [-0.15, -0.1) is 11.3 Å². The van der Waals surface area contributed by atoms with E-state index in [4.69, 9.17) is 18.0 Å². The van der Waals surface area contributed by atoms with Gasteiger partial charge in [-0.05, 0) is 17.8 Å². The van der Waals surface area contributed by atoms with E-state index >= 15 is 0 Å². The van der Waals surface area contributed by atoms with Gasteiger partial charge in [-0.2, -0.15) is 0 Å². The second-order valence-electron chi connectivity index (χ2n) is 2.62. The molecule has 1 heterocycles. The number of H-pyrrole nitrogens is 1. The highest BCUT2D eigenvalue weighted by Gasteiger charge is 2.04. The van der Waals surface area contributed by atoms with Crippen molar-refractivity contribution >= 4 is 29.4 Å². The van der Waals surface area contributed by atoms with Crippen LogP contribution in [0.4, 0.5) is 5.82 Å². The first-order valence-electron chi connectivity index (χ1n) is 3.81. The Morgan fingerprint density at radius 1 is 1.23 bits per heavy atom. The minimum Gasteiger partial charge on any atom is -0.384 e. The van der Waals surface area contributed by atoms with Crippen molar-refractivity contribution in [3.05, 3.63) is 34.3 Å². The number of aromatic nitrogens is 1. The van der Waals surface area contributed by atoms with E-state index in [1.165, 1.54) is 11.3 Å². The number of anilines is 1. The van der Waals surface area contributed by atoms with E-state index in [0.717, 1.165) is 14.4 Å². The fourth-order valence-corrected chi connectivity index (χ4v) is 2.27. The van der Waals surface area contributed by atoms with Gasteiger partial charge in [0.25, 0.3) is 0 Å². The van der Waals surface area contributed by atoms with Crippen molar-refractivity contribution in [2.75, 3.05) is 5.73 Å². The molecule has 0 spiro atoms. The number of hydrogen-bond acceptors (Lipinski definition) is 3. The fourth-order valence-electron chi connectivity index (χ4n) is 1.14. The Morgan fingerprint density at radius 3 is 2.46 bits per heavy atom. The first-order chi connectivity index (χ1) is 6.27. The Kier molecular flexibility index (Phi) is 2.16. The molecule has 66 valence electrons. The zero-order valence-corrected chi connectivity index (χ0v) is 8.41. The average molecular weight is 208 g/mol. The number of hydrogen-bond donors (Lipinski definition) is 2. The van der Waals surface area contributed by atoms with Gasteiger partial charge in [0.15, 0.2) is 3.95 Å². The molecule has 1 aromatic carbocycles. The molecule has 3 N–H and O–H groups in total. The van der Waals surface area contributed by atoms with Gasteiger partial charge < -0.3 is 10.7 Å². The monoisotopic (exact) mass is 208 g/mol. The van der Waals surface area contributed by atoms with Gasteiger partial charge in [0, 0.05) is 0 Å². The lowest BCUT2D eigenvalue weighted by atomic mass is 10.2. The fraction of sp³-hybridized carbons (Fsp3) is 0. The van der Waals surface area contributed by atoms with Crippen LogP contribution in [0.2, 0.25) is 0 Å². The summed E-state index contributed by atoms with van der Waals surface area (Å²) >= 11 is 6.51. The molecule has 0 saturated heterocycles. The SMILES string of the molecule is Nc1[nH]c(=S)sc1-c1ccccc1. The molecule has 0 radical (unpaired) electrons. The summed E-state index contributed by atoms with van der Waals surface area (Å²) in [6.45, 7) is 0. The summed E-state index contributed by atoms with van der Waals surface area (Å²) in [5.41, 5.74) is 6.87. The van der Waals surface area contributed by atoms with Crippen molar-refractivity contribution in [3.8, 4) is 10.4 Å². The van der Waals surface area contributed by atoms with Crippen molar-refractivity contribution in [1.82, 2.24) is 4.98 Å². The van der Waals surface area contributed by atoms with E-state index in [1.54, 1.807) is 0 Å². The van der Waals surface area contributed by atoms with Crippen LogP contribution in [0.25, 0.3) is 10.4 Å². The number of benzene rings is 1. The highest BCUT2D eigenvalue weighted by atomic mass is 32.1. The van der Waals surface area contributed by atoms with Crippen molar-refractivity contribution in [2.24, 2.45) is 0 Å². The molecule has 2 aromatic rings. The predicted molar refractivity (Wildman–Crippen MR) is 59.4 cm³/mol. The second-order valence-corrected chi connectivity index (χ2v) is 4.31. The van der Waals surface area contributed by atoms with Gasteiger partial charge in [0.1, 0.15) is 5.82 Å². The number of rotatable bonds is 1. The van der Waals surface area contributed by atoms with Crippen LogP contribution >= 0.6 is 23.6 Å². The molecule has 0 bridgehead atoms. The van der Waals surface area contributed by atoms with E-state index in [2.05, 4.69) is 4.98 Å². The lowest BCUT2D eigenvalue weighted by Crippen LogP contribution is -1.86. The normalized spacial score (nSPS) is 10.2. The molecule has 1 aromatic heterocycles. The van der Waals surface area contributed by atoms with Gasteiger partial charge in [-0.1, -0.05) is 30.3 Å². The first-order valence-corrected chi connectivity index (χ1v) is 5.04. The molecular formula is C9H8N2S2. The molecule has 0 saturated carbocycles. The highest BCUT2D eigenvalue weighted by Crippen LogP contribution is 2.29. The Bertz CT molecular complexity index is 456. The first kappa shape index (κ1) is 8.47. The van der Waals surface area contributed by atoms with Gasteiger partial charge >= 0.3 is 0 Å². The molecule has 13 heavy (non-hydrogen) atoms. The summed E-state index contributed by atoms with van der Waals surface area (Å²) in [5, 5.41) is 0. The number of thiazole rings is 1. The summed E-state index contributed by atoms with van der Waals surface area (Å²) in [6.07, 6.45) is 0. The molecule has 0 aliphatic heterocycles. The molecular weight excluding hydrogens is 200 g/mol. The topological polar surface area (TPSA) is 41.8 Å². The Balaban J connectivity index is 2.59. The van der Waals surface area contributed by atoms with Gasteiger partial charge in [0.2, 0.25) is 0 Å². The molecule has 2 rings (SSSR count). The Morgan fingerprint density at radius 2 is 1.92 bits per heavy atom. The quantitative estimate of drug-likeness (QED) is 0.707. The molecule has 4 heteroatoms. The third-order valence-electron chi connectivity index (χ3n) is 1.71. The van der Waals surface area contributed by atoms with Gasteiger partial charge in [-0.3, -0.25) is 0 Å². The molecule has 0 amide bonds. The number of nitrogen functional groups attached to an aromatic ring is 1. The number of nitrogens with one attached hydrogen (secondary N) is 1. The third kappa shape index (κ3) is 1.64. The van der Waals surface area contributed by atoms with Gasteiger partial charge in [-0.25, -0.2) is 0 Å². The molecule has 0 atom stereocenters. The zero-order chi connectivity index (χ0) is 9.26. The van der Waals surface area contributed by atoms with E-state index < -0.39 is 0 Å². The summed E-state index contributed by atoms with van der Waals surface area (Å²) in [7, 11) is 0. The summed E-state index contributed by atoms with van der Waals surface area (Å²) in [6, 6.07) is 9.98. The van der Waals surface area contributed by atoms with Gasteiger partial charge in [0.05, 0.1) is 4.88 Å². The minimum absolute atomic E-state index is 0.654. The summed E-state index contributed by atoms with van der Waals surface area (Å²) in [5.74, 6) is 0.654. The predicted octanol–water partition coefficient (Wildman–Crippen LogP) is 3.05. The number of nitrogens with two attached hydrogens (primary N) is 1. The van der Waals surface area contributed by atoms with Crippen LogP contribution in [-0.4, -0.2) is 4.98 Å². The van der Waals surface area contributed by atoms with Crippen LogP contribution in [0, 0.1) is 3.95 Å². The zero-order valence-electron chi connectivity index (χ0n) is 6.78. The van der Waals surface area contributed by atoms with E-state index in [1.807, 2.05) is 30.3 Å². The van der Waals surface area contributed by atoms with Crippen LogP contribution in [0.3, 0.4) is 0 Å². The number of aromatic amines is 1. The van der Waals surface area contributed by atoms with Crippen LogP contribution in [0.5, 0.6) is 0 Å². The Labute approximate surface area is 85.0 Å². The van der Waals surface area contributed by atoms with Crippen molar-refractivity contribution in [2.45, 2.75) is 0 Å². The minimum atomic E-state index is 0.654. The van der Waals surface area contributed by atoms with E-state index in [9.17, 15) is 0 Å². The smallest absolute Gasteiger partial charge is 0.160 e. The molecule has 0 fully saturated rings. The third-order valence-corrected chi connectivity index (χ3v) is 3.01. The summed E-state index contributed by atoms with van der Waals surface area (Å²) < 4.78 is 0.719. The van der Waals surface area contributed by atoms with Crippen molar-refractivity contribution < 1.29 is 0 Å². The molecule has 0 aliphatic rings. The van der Waals surface area contributed by atoms with Crippen LogP contribution in [0.15, 0.2) is 30.3 Å². The van der Waals surface area contributed by atoms with E-state index in [0.29, 0.717) is 5.82 Å². The second kappa shape index (κ2) is 3.32. The van der Waals surface area contributed by atoms with Crippen LogP contribution in [-0.2, 0) is 0 Å². The summed E-state index contributed by atoms with van der Waals surface area (Å²) in [4.78, 5) is 3.94. The lowest BCUT2D eigenvalue weighted by molar-refractivity contribution is 1.40. The van der Waals surface area contributed by atoms with Crippen molar-refractivity contribution in [1.29, 1.82) is 0 Å². The lowest BCUT2D eigenvalue weighted by Gasteiger charge is -1.96. The standard InChI is InChI=1S/C9H8N2S2/c10-8-7(13-9(12)11-8)6-4-2-1-3-5-6/h1-5H,10H2,(H,11,12). The molecule has 2 nitrogen and oxygen atoms in total. The molecule has 0 unspecified atom stereocenters. The highest BCUT2D eigenvalue weighted by molar-refractivity contribution is 7.73. The maximum atomic E-state index is 5.76. The molecule has 0 aliphatic carbocycles. The maximum Gasteiger partial charge on any atom is 0.160 e. The van der Waals surface area contributed by atoms with Crippen molar-refractivity contribution in [3.63, 3.8) is 0 Å². The largest absolute Gasteiger partial charge is 0.384 e. The van der Waals surface area contributed by atoms with E-state index in [-0.39, 0.29) is 0 Å².